The summed E-state index contributed by atoms with van der Waals surface area (Å²) in [6, 6.07) is 6.84. The second-order valence-electron chi connectivity index (χ2n) is 4.14. The first-order chi connectivity index (χ1) is 9.81. The van der Waals surface area contributed by atoms with Crippen molar-refractivity contribution in [1.29, 1.82) is 0 Å². The van der Waals surface area contributed by atoms with Crippen LogP contribution in [0.1, 0.15) is 11.1 Å². The van der Waals surface area contributed by atoms with Gasteiger partial charge in [-0.2, -0.15) is 13.2 Å². The van der Waals surface area contributed by atoms with Crippen LogP contribution in [-0.4, -0.2) is 0 Å². The molecule has 0 aliphatic heterocycles. The molecular formula is C14H8Cl2F4O. The van der Waals surface area contributed by atoms with Crippen molar-refractivity contribution in [3.8, 4) is 11.5 Å². The molecule has 21 heavy (non-hydrogen) atoms. The van der Waals surface area contributed by atoms with Gasteiger partial charge in [0.15, 0.2) is 0 Å². The monoisotopic (exact) mass is 338 g/mol. The van der Waals surface area contributed by atoms with E-state index in [1.54, 1.807) is 0 Å². The van der Waals surface area contributed by atoms with E-state index in [4.69, 9.17) is 27.9 Å². The summed E-state index contributed by atoms with van der Waals surface area (Å²) in [6.45, 7) is 0. The molecule has 0 radical (unpaired) electrons. The minimum atomic E-state index is -4.61. The van der Waals surface area contributed by atoms with Gasteiger partial charge < -0.3 is 4.74 Å². The van der Waals surface area contributed by atoms with Crippen LogP contribution in [-0.2, 0) is 12.1 Å². The maximum absolute atomic E-state index is 13.3. The van der Waals surface area contributed by atoms with E-state index < -0.39 is 23.3 Å². The molecule has 0 atom stereocenters. The highest BCUT2D eigenvalue weighted by Crippen LogP contribution is 2.39. The number of halogens is 6. The van der Waals surface area contributed by atoms with E-state index in [0.717, 1.165) is 18.2 Å². The van der Waals surface area contributed by atoms with E-state index in [1.807, 2.05) is 0 Å². The molecule has 0 heterocycles. The van der Waals surface area contributed by atoms with Gasteiger partial charge in [0.2, 0.25) is 0 Å². The lowest BCUT2D eigenvalue weighted by Crippen LogP contribution is -2.08. The first-order valence-corrected chi connectivity index (χ1v) is 6.61. The van der Waals surface area contributed by atoms with Crippen molar-refractivity contribution in [1.82, 2.24) is 0 Å². The van der Waals surface area contributed by atoms with E-state index in [2.05, 4.69) is 0 Å². The van der Waals surface area contributed by atoms with E-state index in [1.165, 1.54) is 18.2 Å². The Balaban J connectivity index is 2.41. The third-order valence-corrected chi connectivity index (χ3v) is 3.24. The molecule has 0 spiro atoms. The van der Waals surface area contributed by atoms with E-state index in [-0.39, 0.29) is 16.7 Å². The predicted molar refractivity (Wildman–Crippen MR) is 72.5 cm³/mol. The summed E-state index contributed by atoms with van der Waals surface area (Å²) in [5.74, 6) is -1.35. The van der Waals surface area contributed by atoms with Crippen LogP contribution in [0.4, 0.5) is 17.6 Å². The fourth-order valence-electron chi connectivity index (χ4n) is 1.64. The Morgan fingerprint density at radius 1 is 1.05 bits per heavy atom. The van der Waals surface area contributed by atoms with Gasteiger partial charge in [-0.15, -0.1) is 11.6 Å². The van der Waals surface area contributed by atoms with Crippen LogP contribution in [0, 0.1) is 5.82 Å². The Labute approximate surface area is 128 Å². The molecule has 0 aromatic heterocycles. The van der Waals surface area contributed by atoms with Gasteiger partial charge in [0.1, 0.15) is 17.3 Å². The van der Waals surface area contributed by atoms with Crippen molar-refractivity contribution >= 4 is 23.2 Å². The van der Waals surface area contributed by atoms with E-state index in [0.29, 0.717) is 5.56 Å². The second kappa shape index (κ2) is 6.12. The largest absolute Gasteiger partial charge is 0.457 e. The molecule has 0 fully saturated rings. The fourth-order valence-corrected chi connectivity index (χ4v) is 1.92. The SMILES string of the molecule is Fc1cc(Oc2ccc(CCl)cc2C(F)(F)F)ccc1Cl. The zero-order valence-corrected chi connectivity index (χ0v) is 11.9. The van der Waals surface area contributed by atoms with Gasteiger partial charge in [0, 0.05) is 11.9 Å². The van der Waals surface area contributed by atoms with Crippen LogP contribution in [0.2, 0.25) is 5.02 Å². The Bertz CT molecular complexity index is 656. The lowest BCUT2D eigenvalue weighted by atomic mass is 10.1. The highest BCUT2D eigenvalue weighted by Gasteiger charge is 2.34. The van der Waals surface area contributed by atoms with Crippen molar-refractivity contribution in [3.63, 3.8) is 0 Å². The third-order valence-electron chi connectivity index (χ3n) is 2.62. The summed E-state index contributed by atoms with van der Waals surface area (Å²) in [7, 11) is 0. The predicted octanol–water partition coefficient (Wildman–Crippen LogP) is 6.03. The summed E-state index contributed by atoms with van der Waals surface area (Å²) < 4.78 is 57.4. The number of hydrogen-bond acceptors (Lipinski definition) is 1. The molecule has 0 saturated carbocycles. The molecule has 2 rings (SSSR count). The molecule has 0 unspecified atom stereocenters. The number of rotatable bonds is 3. The number of alkyl halides is 4. The molecule has 0 aliphatic rings. The van der Waals surface area contributed by atoms with Crippen molar-refractivity contribution in [2.24, 2.45) is 0 Å². The maximum atomic E-state index is 13.3. The summed E-state index contributed by atoms with van der Waals surface area (Å²) in [5, 5.41) is -0.143. The van der Waals surface area contributed by atoms with Crippen molar-refractivity contribution in [2.45, 2.75) is 12.1 Å². The number of ether oxygens (including phenoxy) is 1. The van der Waals surface area contributed by atoms with Gasteiger partial charge in [-0.3, -0.25) is 0 Å². The van der Waals surface area contributed by atoms with Crippen molar-refractivity contribution < 1.29 is 22.3 Å². The van der Waals surface area contributed by atoms with Gasteiger partial charge in [-0.1, -0.05) is 17.7 Å². The first-order valence-electron chi connectivity index (χ1n) is 5.70. The van der Waals surface area contributed by atoms with Crippen molar-refractivity contribution in [3.05, 3.63) is 58.4 Å². The summed E-state index contributed by atoms with van der Waals surface area (Å²) in [4.78, 5) is 0. The molecule has 0 aliphatic carbocycles. The van der Waals surface area contributed by atoms with Crippen LogP contribution in [0.25, 0.3) is 0 Å². The molecule has 0 N–H and O–H groups in total. The van der Waals surface area contributed by atoms with E-state index >= 15 is 0 Å². The standard InChI is InChI=1S/C14H8Cl2F4O/c15-7-8-1-4-13(10(5-8)14(18,19)20)21-9-2-3-11(16)12(17)6-9/h1-6H,7H2. The maximum Gasteiger partial charge on any atom is 0.419 e. The third kappa shape index (κ3) is 3.80. The zero-order chi connectivity index (χ0) is 15.6. The molecule has 112 valence electrons. The Hall–Kier alpha value is -1.46. The van der Waals surface area contributed by atoms with E-state index in [9.17, 15) is 17.6 Å². The van der Waals surface area contributed by atoms with Crippen LogP contribution in [0.15, 0.2) is 36.4 Å². The van der Waals surface area contributed by atoms with Crippen LogP contribution in [0.3, 0.4) is 0 Å². The van der Waals surface area contributed by atoms with Crippen LogP contribution < -0.4 is 4.74 Å². The first kappa shape index (κ1) is 15.9. The van der Waals surface area contributed by atoms with Crippen molar-refractivity contribution in [2.75, 3.05) is 0 Å². The molecule has 0 amide bonds. The Morgan fingerprint density at radius 3 is 2.33 bits per heavy atom. The quantitative estimate of drug-likeness (QED) is 0.490. The normalized spacial score (nSPS) is 11.5. The zero-order valence-electron chi connectivity index (χ0n) is 10.3. The highest BCUT2D eigenvalue weighted by molar-refractivity contribution is 6.30. The lowest BCUT2D eigenvalue weighted by Gasteiger charge is -2.15. The highest BCUT2D eigenvalue weighted by atomic mass is 35.5. The summed E-state index contributed by atoms with van der Waals surface area (Å²) in [6.07, 6.45) is -4.61. The Kier molecular flexibility index (Phi) is 4.64. The molecule has 7 heteroatoms. The van der Waals surface area contributed by atoms with Gasteiger partial charge in [-0.05, 0) is 29.8 Å². The van der Waals surface area contributed by atoms with Gasteiger partial charge in [-0.25, -0.2) is 4.39 Å². The number of benzene rings is 2. The molecule has 2 aromatic rings. The van der Waals surface area contributed by atoms with Crippen LogP contribution >= 0.6 is 23.2 Å². The smallest absolute Gasteiger partial charge is 0.419 e. The van der Waals surface area contributed by atoms with Crippen LogP contribution in [0.5, 0.6) is 11.5 Å². The minimum absolute atomic E-state index is 0.0566. The Morgan fingerprint density at radius 2 is 1.76 bits per heavy atom. The molecule has 1 nitrogen and oxygen atoms in total. The topological polar surface area (TPSA) is 9.23 Å². The average Bonchev–Trinajstić information content (AvgIpc) is 2.42. The lowest BCUT2D eigenvalue weighted by molar-refractivity contribution is -0.138. The summed E-state index contributed by atoms with van der Waals surface area (Å²) >= 11 is 11.0. The fraction of sp³-hybridized carbons (Fsp3) is 0.143. The molecule has 0 saturated heterocycles. The average molecular weight is 339 g/mol. The van der Waals surface area contributed by atoms with Gasteiger partial charge in [0.05, 0.1) is 10.6 Å². The molecular weight excluding hydrogens is 331 g/mol. The molecule has 0 bridgehead atoms. The number of hydrogen-bond donors (Lipinski definition) is 0. The van der Waals surface area contributed by atoms with Gasteiger partial charge in [0.25, 0.3) is 0 Å². The molecule has 2 aromatic carbocycles. The van der Waals surface area contributed by atoms with Gasteiger partial charge >= 0.3 is 6.18 Å². The second-order valence-corrected chi connectivity index (χ2v) is 4.81. The minimum Gasteiger partial charge on any atom is -0.457 e. The summed E-state index contributed by atoms with van der Waals surface area (Å²) in [5.41, 5.74) is -0.672.